The predicted octanol–water partition coefficient (Wildman–Crippen LogP) is 2.33. The maximum absolute atomic E-state index is 12.5. The fraction of sp³-hybridized carbons (Fsp3) is 0.125. The Morgan fingerprint density at radius 2 is 1.94 bits per heavy atom. The van der Waals surface area contributed by atoms with E-state index in [2.05, 4.69) is 15.1 Å². The highest BCUT2D eigenvalue weighted by Crippen LogP contribution is 2.29. The summed E-state index contributed by atoms with van der Waals surface area (Å²) in [6.45, 7) is 0. The minimum atomic E-state index is -4.51. The van der Waals surface area contributed by atoms with Crippen molar-refractivity contribution < 1.29 is 13.2 Å². The van der Waals surface area contributed by atoms with E-state index >= 15 is 0 Å². The minimum absolute atomic E-state index is 0.0497. The highest BCUT2D eigenvalue weighted by molar-refractivity contribution is 6.29. The molecule has 0 aromatic carbocycles. The summed E-state index contributed by atoms with van der Waals surface area (Å²) in [5.41, 5.74) is -0.949. The third-order valence-electron chi connectivity index (χ3n) is 1.73. The van der Waals surface area contributed by atoms with E-state index in [0.717, 1.165) is 12.3 Å². The summed E-state index contributed by atoms with van der Waals surface area (Å²) in [5, 5.41) is 3.56. The molecular weight excluding hydrogens is 245 g/mol. The summed E-state index contributed by atoms with van der Waals surface area (Å²) >= 11 is 5.55. The van der Waals surface area contributed by atoms with Crippen LogP contribution in [-0.4, -0.2) is 19.7 Å². The van der Waals surface area contributed by atoms with Gasteiger partial charge in [-0.2, -0.15) is 27.9 Å². The van der Waals surface area contributed by atoms with Crippen molar-refractivity contribution in [3.8, 4) is 5.95 Å². The molecule has 0 fully saturated rings. The second-order valence-electron chi connectivity index (χ2n) is 2.81. The van der Waals surface area contributed by atoms with E-state index in [9.17, 15) is 13.2 Å². The molecule has 16 heavy (non-hydrogen) atoms. The van der Waals surface area contributed by atoms with Crippen molar-refractivity contribution in [1.82, 2.24) is 19.7 Å². The van der Waals surface area contributed by atoms with E-state index in [-0.39, 0.29) is 11.1 Å². The minimum Gasteiger partial charge on any atom is -0.220 e. The zero-order valence-corrected chi connectivity index (χ0v) is 8.37. The largest absolute Gasteiger partial charge is 0.433 e. The molecule has 8 heteroatoms. The summed E-state index contributed by atoms with van der Waals surface area (Å²) in [7, 11) is 0. The lowest BCUT2D eigenvalue weighted by Gasteiger charge is -2.08. The first kappa shape index (κ1) is 10.9. The molecule has 0 N–H and O–H groups in total. The first-order valence-corrected chi connectivity index (χ1v) is 4.46. The van der Waals surface area contributed by atoms with Gasteiger partial charge in [-0.1, -0.05) is 11.6 Å². The number of rotatable bonds is 1. The number of alkyl halides is 3. The molecule has 0 radical (unpaired) electrons. The average molecular weight is 249 g/mol. The lowest BCUT2D eigenvalue weighted by Crippen LogP contribution is -2.15. The third kappa shape index (κ3) is 1.99. The van der Waals surface area contributed by atoms with Gasteiger partial charge >= 0.3 is 6.18 Å². The predicted molar refractivity (Wildman–Crippen MR) is 49.2 cm³/mol. The SMILES string of the molecule is FC(F)(F)c1ccnn1-c1nccc(Cl)n1. The van der Waals surface area contributed by atoms with Crippen molar-refractivity contribution in [1.29, 1.82) is 0 Å². The fourth-order valence-electron chi connectivity index (χ4n) is 1.11. The Morgan fingerprint density at radius 3 is 2.56 bits per heavy atom. The smallest absolute Gasteiger partial charge is 0.220 e. The Morgan fingerprint density at radius 1 is 1.19 bits per heavy atom. The summed E-state index contributed by atoms with van der Waals surface area (Å²) in [5.74, 6) is -0.218. The van der Waals surface area contributed by atoms with Gasteiger partial charge in [-0.3, -0.25) is 0 Å². The van der Waals surface area contributed by atoms with E-state index in [1.165, 1.54) is 12.3 Å². The van der Waals surface area contributed by atoms with E-state index in [1.807, 2.05) is 0 Å². The van der Waals surface area contributed by atoms with Gasteiger partial charge in [0.1, 0.15) is 5.15 Å². The molecule has 0 aliphatic heterocycles. The van der Waals surface area contributed by atoms with Crippen LogP contribution in [-0.2, 0) is 6.18 Å². The van der Waals surface area contributed by atoms with Crippen LogP contribution in [0.4, 0.5) is 13.2 Å². The molecule has 0 saturated heterocycles. The van der Waals surface area contributed by atoms with Crippen molar-refractivity contribution in [3.05, 3.63) is 35.4 Å². The number of aromatic nitrogens is 4. The Balaban J connectivity index is 2.53. The summed E-state index contributed by atoms with van der Waals surface area (Å²) in [6.07, 6.45) is -2.23. The first-order valence-electron chi connectivity index (χ1n) is 4.08. The Kier molecular flexibility index (Phi) is 2.55. The monoisotopic (exact) mass is 248 g/mol. The zero-order valence-electron chi connectivity index (χ0n) is 7.61. The maximum Gasteiger partial charge on any atom is 0.433 e. The Hall–Kier alpha value is -1.63. The van der Waals surface area contributed by atoms with Crippen LogP contribution in [0.2, 0.25) is 5.15 Å². The van der Waals surface area contributed by atoms with Gasteiger partial charge in [0.2, 0.25) is 0 Å². The van der Waals surface area contributed by atoms with Crippen LogP contribution in [0.15, 0.2) is 24.5 Å². The van der Waals surface area contributed by atoms with Crippen LogP contribution in [0.1, 0.15) is 5.69 Å². The van der Waals surface area contributed by atoms with E-state index in [0.29, 0.717) is 4.68 Å². The highest BCUT2D eigenvalue weighted by atomic mass is 35.5. The summed E-state index contributed by atoms with van der Waals surface area (Å²) in [6, 6.07) is 2.20. The molecule has 0 aliphatic rings. The molecule has 2 heterocycles. The van der Waals surface area contributed by atoms with Crippen LogP contribution >= 0.6 is 11.6 Å². The van der Waals surface area contributed by atoms with E-state index in [1.54, 1.807) is 0 Å². The van der Waals surface area contributed by atoms with Gasteiger partial charge in [-0.25, -0.2) is 4.98 Å². The maximum atomic E-state index is 12.5. The molecule has 2 aromatic rings. The van der Waals surface area contributed by atoms with Crippen LogP contribution in [0.25, 0.3) is 5.95 Å². The fourth-order valence-corrected chi connectivity index (χ4v) is 1.24. The third-order valence-corrected chi connectivity index (χ3v) is 1.94. The van der Waals surface area contributed by atoms with Crippen molar-refractivity contribution in [2.75, 3.05) is 0 Å². The molecule has 2 rings (SSSR count). The Bertz CT molecular complexity index is 508. The van der Waals surface area contributed by atoms with Gasteiger partial charge in [-0.15, -0.1) is 0 Å². The lowest BCUT2D eigenvalue weighted by molar-refractivity contribution is -0.142. The normalized spacial score (nSPS) is 11.8. The molecule has 4 nitrogen and oxygen atoms in total. The van der Waals surface area contributed by atoms with Gasteiger partial charge in [0.15, 0.2) is 5.69 Å². The number of halogens is 4. The summed E-state index contributed by atoms with van der Waals surface area (Å²) < 4.78 is 38.1. The van der Waals surface area contributed by atoms with Crippen molar-refractivity contribution in [3.63, 3.8) is 0 Å². The van der Waals surface area contributed by atoms with E-state index < -0.39 is 11.9 Å². The van der Waals surface area contributed by atoms with Crippen molar-refractivity contribution in [2.45, 2.75) is 6.18 Å². The lowest BCUT2D eigenvalue weighted by atomic mass is 10.4. The summed E-state index contributed by atoms with van der Waals surface area (Å²) in [4.78, 5) is 7.31. The van der Waals surface area contributed by atoms with Crippen LogP contribution in [0.5, 0.6) is 0 Å². The Labute approximate surface area is 92.7 Å². The molecule has 0 atom stereocenters. The second-order valence-corrected chi connectivity index (χ2v) is 3.19. The molecule has 0 amide bonds. The van der Waals surface area contributed by atoms with Crippen LogP contribution in [0.3, 0.4) is 0 Å². The quantitative estimate of drug-likeness (QED) is 0.728. The first-order chi connectivity index (χ1) is 7.48. The number of hydrogen-bond acceptors (Lipinski definition) is 3. The molecule has 0 aliphatic carbocycles. The molecule has 84 valence electrons. The van der Waals surface area contributed by atoms with Crippen molar-refractivity contribution >= 4 is 11.6 Å². The van der Waals surface area contributed by atoms with E-state index in [4.69, 9.17) is 11.6 Å². The van der Waals surface area contributed by atoms with Gasteiger partial charge in [-0.05, 0) is 12.1 Å². The van der Waals surface area contributed by atoms with Gasteiger partial charge in [0, 0.05) is 6.20 Å². The average Bonchev–Trinajstić information content (AvgIpc) is 2.65. The number of hydrogen-bond donors (Lipinski definition) is 0. The molecular formula is C8H4ClF3N4. The highest BCUT2D eigenvalue weighted by Gasteiger charge is 2.35. The zero-order chi connectivity index (χ0) is 11.8. The van der Waals surface area contributed by atoms with Gasteiger partial charge in [0.05, 0.1) is 6.20 Å². The molecule has 0 spiro atoms. The van der Waals surface area contributed by atoms with Crippen LogP contribution < -0.4 is 0 Å². The second kappa shape index (κ2) is 3.75. The van der Waals surface area contributed by atoms with Gasteiger partial charge < -0.3 is 0 Å². The topological polar surface area (TPSA) is 43.6 Å². The van der Waals surface area contributed by atoms with Crippen LogP contribution in [0, 0.1) is 0 Å². The standard InChI is InChI=1S/C8H4ClF3N4/c9-6-2-3-13-7(15-6)16-5(1-4-14-16)8(10,11)12/h1-4H. The van der Waals surface area contributed by atoms with Gasteiger partial charge in [0.25, 0.3) is 5.95 Å². The molecule has 0 bridgehead atoms. The molecule has 0 unspecified atom stereocenters. The number of nitrogens with zero attached hydrogens (tertiary/aromatic N) is 4. The van der Waals surface area contributed by atoms with Crippen molar-refractivity contribution in [2.24, 2.45) is 0 Å². The molecule has 0 saturated carbocycles. The molecule has 2 aromatic heterocycles.